The zero-order valence-electron chi connectivity index (χ0n) is 14.8. The number of nitrogens with one attached hydrogen (secondary N) is 1. The SMILES string of the molecule is Cc1ccc(F)cc1NC(=O)[C@H]1CCCN(S(=O)(=O)c2ccc(F)cc2)C1. The van der Waals surface area contributed by atoms with Crippen LogP contribution in [0.1, 0.15) is 18.4 Å². The lowest BCUT2D eigenvalue weighted by Crippen LogP contribution is -2.43. The molecule has 8 heteroatoms. The maximum Gasteiger partial charge on any atom is 0.243 e. The molecule has 1 heterocycles. The minimum Gasteiger partial charge on any atom is -0.325 e. The molecule has 3 rings (SSSR count). The summed E-state index contributed by atoms with van der Waals surface area (Å²) in [6.07, 6.45) is 1.07. The molecular formula is C19H20F2N2O3S. The first-order valence-corrected chi connectivity index (χ1v) is 10.0. The highest BCUT2D eigenvalue weighted by molar-refractivity contribution is 7.89. The van der Waals surface area contributed by atoms with E-state index in [9.17, 15) is 22.0 Å². The van der Waals surface area contributed by atoms with E-state index in [0.29, 0.717) is 25.1 Å². The van der Waals surface area contributed by atoms with E-state index in [4.69, 9.17) is 0 Å². The summed E-state index contributed by atoms with van der Waals surface area (Å²) in [5.74, 6) is -1.87. The molecule has 0 spiro atoms. The van der Waals surface area contributed by atoms with Crippen LogP contribution in [0.3, 0.4) is 0 Å². The highest BCUT2D eigenvalue weighted by atomic mass is 32.2. The number of amides is 1. The minimum atomic E-state index is -3.81. The first kappa shape index (κ1) is 19.4. The van der Waals surface area contributed by atoms with Gasteiger partial charge in [-0.15, -0.1) is 0 Å². The molecule has 1 N–H and O–H groups in total. The average molecular weight is 394 g/mol. The van der Waals surface area contributed by atoms with Gasteiger partial charge >= 0.3 is 0 Å². The molecular weight excluding hydrogens is 374 g/mol. The molecule has 0 aromatic heterocycles. The van der Waals surface area contributed by atoms with Crippen molar-refractivity contribution in [2.75, 3.05) is 18.4 Å². The van der Waals surface area contributed by atoms with Crippen LogP contribution in [0.5, 0.6) is 0 Å². The van der Waals surface area contributed by atoms with E-state index in [-0.39, 0.29) is 17.3 Å². The largest absolute Gasteiger partial charge is 0.325 e. The fraction of sp³-hybridized carbons (Fsp3) is 0.316. The molecule has 1 fully saturated rings. The summed E-state index contributed by atoms with van der Waals surface area (Å²) in [7, 11) is -3.81. The molecule has 2 aromatic carbocycles. The maximum absolute atomic E-state index is 13.4. The Morgan fingerprint density at radius 2 is 1.78 bits per heavy atom. The Kier molecular flexibility index (Phi) is 5.57. The fourth-order valence-electron chi connectivity index (χ4n) is 3.09. The molecule has 27 heavy (non-hydrogen) atoms. The number of carbonyl (C=O) groups excluding carboxylic acids is 1. The zero-order valence-corrected chi connectivity index (χ0v) is 15.6. The molecule has 1 saturated heterocycles. The fourth-order valence-corrected chi connectivity index (χ4v) is 4.62. The smallest absolute Gasteiger partial charge is 0.243 e. The number of rotatable bonds is 4. The summed E-state index contributed by atoms with van der Waals surface area (Å²) in [5.41, 5.74) is 1.09. The van der Waals surface area contributed by atoms with E-state index in [1.165, 1.54) is 28.6 Å². The van der Waals surface area contributed by atoms with Gasteiger partial charge in [0.05, 0.1) is 10.8 Å². The number of benzene rings is 2. The van der Waals surface area contributed by atoms with Gasteiger partial charge in [-0.3, -0.25) is 4.79 Å². The van der Waals surface area contributed by atoms with Crippen molar-refractivity contribution in [3.63, 3.8) is 0 Å². The summed E-state index contributed by atoms with van der Waals surface area (Å²) in [6.45, 7) is 2.07. The number of hydrogen-bond donors (Lipinski definition) is 1. The molecule has 2 aromatic rings. The molecule has 0 bridgehead atoms. The number of anilines is 1. The average Bonchev–Trinajstić information content (AvgIpc) is 2.65. The van der Waals surface area contributed by atoms with Gasteiger partial charge in [0.1, 0.15) is 11.6 Å². The Balaban J connectivity index is 1.74. The maximum atomic E-state index is 13.4. The first-order chi connectivity index (χ1) is 12.8. The van der Waals surface area contributed by atoms with Gasteiger partial charge in [0, 0.05) is 18.8 Å². The van der Waals surface area contributed by atoms with Crippen LogP contribution in [-0.2, 0) is 14.8 Å². The lowest BCUT2D eigenvalue weighted by Gasteiger charge is -2.31. The number of sulfonamides is 1. The quantitative estimate of drug-likeness (QED) is 0.865. The second-order valence-corrected chi connectivity index (χ2v) is 8.54. The number of halogens is 2. The van der Waals surface area contributed by atoms with E-state index in [1.54, 1.807) is 13.0 Å². The Bertz CT molecular complexity index is 946. The van der Waals surface area contributed by atoms with Crippen LogP contribution in [0.2, 0.25) is 0 Å². The predicted molar refractivity (Wildman–Crippen MR) is 97.6 cm³/mol. The van der Waals surface area contributed by atoms with Gasteiger partial charge < -0.3 is 5.32 Å². The molecule has 144 valence electrons. The van der Waals surface area contributed by atoms with Gasteiger partial charge in [0.2, 0.25) is 15.9 Å². The second-order valence-electron chi connectivity index (χ2n) is 6.60. The van der Waals surface area contributed by atoms with E-state index >= 15 is 0 Å². The van der Waals surface area contributed by atoms with E-state index < -0.39 is 27.6 Å². The van der Waals surface area contributed by atoms with Crippen molar-refractivity contribution in [2.45, 2.75) is 24.7 Å². The Hall–Kier alpha value is -2.32. The number of aryl methyl sites for hydroxylation is 1. The molecule has 0 aliphatic carbocycles. The molecule has 1 aliphatic rings. The molecule has 5 nitrogen and oxygen atoms in total. The number of piperidine rings is 1. The molecule has 0 saturated carbocycles. The third-order valence-electron chi connectivity index (χ3n) is 4.66. The van der Waals surface area contributed by atoms with Crippen molar-refractivity contribution >= 4 is 21.6 Å². The van der Waals surface area contributed by atoms with Crippen LogP contribution in [-0.4, -0.2) is 31.7 Å². The van der Waals surface area contributed by atoms with Crippen molar-refractivity contribution in [1.82, 2.24) is 4.31 Å². The van der Waals surface area contributed by atoms with Crippen LogP contribution in [0.15, 0.2) is 47.4 Å². The van der Waals surface area contributed by atoms with Crippen LogP contribution >= 0.6 is 0 Å². The number of nitrogens with zero attached hydrogens (tertiary/aromatic N) is 1. The van der Waals surface area contributed by atoms with Crippen LogP contribution in [0.25, 0.3) is 0 Å². The third kappa shape index (κ3) is 4.33. The van der Waals surface area contributed by atoms with E-state index in [1.807, 2.05) is 0 Å². The minimum absolute atomic E-state index is 0.00840. The number of carbonyl (C=O) groups is 1. The monoisotopic (exact) mass is 394 g/mol. The van der Waals surface area contributed by atoms with Gasteiger partial charge in [-0.25, -0.2) is 17.2 Å². The van der Waals surface area contributed by atoms with Gasteiger partial charge in [-0.2, -0.15) is 4.31 Å². The zero-order chi connectivity index (χ0) is 19.6. The summed E-state index contributed by atoms with van der Waals surface area (Å²) >= 11 is 0. The topological polar surface area (TPSA) is 66.5 Å². The number of hydrogen-bond acceptors (Lipinski definition) is 3. The molecule has 1 aliphatic heterocycles. The Labute approximate surface area is 157 Å². The Morgan fingerprint density at radius 1 is 1.11 bits per heavy atom. The predicted octanol–water partition coefficient (Wildman–Crippen LogP) is 3.31. The van der Waals surface area contributed by atoms with Crippen LogP contribution in [0, 0.1) is 24.5 Å². The summed E-state index contributed by atoms with van der Waals surface area (Å²) < 4.78 is 53.2. The van der Waals surface area contributed by atoms with Crippen LogP contribution in [0.4, 0.5) is 14.5 Å². The normalized spacial score (nSPS) is 18.3. The van der Waals surface area contributed by atoms with Crippen molar-refractivity contribution < 1.29 is 22.0 Å². The summed E-state index contributed by atoms with van der Waals surface area (Å²) in [4.78, 5) is 12.6. The molecule has 0 unspecified atom stereocenters. The molecule has 1 amide bonds. The highest BCUT2D eigenvalue weighted by Crippen LogP contribution is 2.25. The van der Waals surface area contributed by atoms with Crippen molar-refractivity contribution in [3.05, 3.63) is 59.7 Å². The highest BCUT2D eigenvalue weighted by Gasteiger charge is 2.33. The van der Waals surface area contributed by atoms with E-state index in [2.05, 4.69) is 5.32 Å². The van der Waals surface area contributed by atoms with Gasteiger partial charge in [0.25, 0.3) is 0 Å². The standard InChI is InChI=1S/C19H20F2N2O3S/c1-13-4-5-16(21)11-18(13)22-19(24)14-3-2-10-23(12-14)27(25,26)17-8-6-15(20)7-9-17/h4-9,11,14H,2-3,10,12H2,1H3,(H,22,24)/t14-/m0/s1. The lowest BCUT2D eigenvalue weighted by molar-refractivity contribution is -0.120. The Morgan fingerprint density at radius 3 is 2.48 bits per heavy atom. The van der Waals surface area contributed by atoms with Crippen molar-refractivity contribution in [1.29, 1.82) is 0 Å². The molecule has 0 radical (unpaired) electrons. The van der Waals surface area contributed by atoms with Gasteiger partial charge in [0.15, 0.2) is 0 Å². The summed E-state index contributed by atoms with van der Waals surface area (Å²) in [6, 6.07) is 8.72. The van der Waals surface area contributed by atoms with Crippen molar-refractivity contribution in [2.24, 2.45) is 5.92 Å². The third-order valence-corrected chi connectivity index (χ3v) is 6.54. The first-order valence-electron chi connectivity index (χ1n) is 8.60. The van der Waals surface area contributed by atoms with Crippen molar-refractivity contribution in [3.8, 4) is 0 Å². The molecule has 1 atom stereocenters. The second kappa shape index (κ2) is 7.74. The summed E-state index contributed by atoms with van der Waals surface area (Å²) in [5, 5.41) is 2.69. The lowest BCUT2D eigenvalue weighted by atomic mass is 9.98. The van der Waals surface area contributed by atoms with Gasteiger partial charge in [-0.05, 0) is 61.7 Å². The van der Waals surface area contributed by atoms with Crippen LogP contribution < -0.4 is 5.32 Å². The van der Waals surface area contributed by atoms with E-state index in [0.717, 1.165) is 17.7 Å². The van der Waals surface area contributed by atoms with Gasteiger partial charge in [-0.1, -0.05) is 6.07 Å².